The van der Waals surface area contributed by atoms with Crippen molar-refractivity contribution in [2.45, 2.75) is 31.3 Å². The van der Waals surface area contributed by atoms with Gasteiger partial charge < -0.3 is 10.6 Å². The van der Waals surface area contributed by atoms with Crippen LogP contribution in [0.15, 0.2) is 0 Å². The van der Waals surface area contributed by atoms with Crippen molar-refractivity contribution in [3.63, 3.8) is 0 Å². The molecule has 0 unspecified atom stereocenters. The van der Waals surface area contributed by atoms with Gasteiger partial charge in [-0.2, -0.15) is 0 Å². The molecule has 0 radical (unpaired) electrons. The van der Waals surface area contributed by atoms with Crippen LogP contribution in [-0.4, -0.2) is 55.1 Å². The molecule has 2 aliphatic rings. The number of likely N-dealkylation sites (N-methyl/N-ethyl adjacent to an activating group) is 1. The molecule has 0 aromatic heterocycles. The van der Waals surface area contributed by atoms with Crippen molar-refractivity contribution >= 4 is 0 Å². The Morgan fingerprint density at radius 3 is 2.31 bits per heavy atom. The topological polar surface area (TPSA) is 32.5 Å². The fraction of sp³-hybridized carbons (Fsp3) is 1.00. The number of nitrogens with zero attached hydrogens (tertiary/aromatic N) is 2. The molecular weight excluding hydrogens is 162 g/mol. The van der Waals surface area contributed by atoms with Gasteiger partial charge in [0, 0.05) is 38.3 Å². The molecule has 1 saturated carbocycles. The maximum absolute atomic E-state index is 6.09. The van der Waals surface area contributed by atoms with Crippen LogP contribution in [0.1, 0.15) is 19.3 Å². The van der Waals surface area contributed by atoms with E-state index in [-0.39, 0.29) is 0 Å². The number of rotatable bonds is 1. The summed E-state index contributed by atoms with van der Waals surface area (Å²) in [6.45, 7) is 4.86. The van der Waals surface area contributed by atoms with Crippen molar-refractivity contribution in [2.24, 2.45) is 5.73 Å². The van der Waals surface area contributed by atoms with E-state index in [2.05, 4.69) is 16.8 Å². The molecule has 1 aliphatic heterocycles. The van der Waals surface area contributed by atoms with Gasteiger partial charge in [0.25, 0.3) is 0 Å². The molecule has 0 aromatic carbocycles. The third-order valence-corrected chi connectivity index (χ3v) is 3.54. The Morgan fingerprint density at radius 1 is 1.08 bits per heavy atom. The van der Waals surface area contributed by atoms with Gasteiger partial charge in [-0.3, -0.25) is 4.90 Å². The molecule has 13 heavy (non-hydrogen) atoms. The van der Waals surface area contributed by atoms with E-state index >= 15 is 0 Å². The van der Waals surface area contributed by atoms with E-state index in [0.717, 1.165) is 0 Å². The van der Waals surface area contributed by atoms with Gasteiger partial charge in [-0.25, -0.2) is 0 Å². The van der Waals surface area contributed by atoms with Crippen molar-refractivity contribution in [1.29, 1.82) is 0 Å². The Labute approximate surface area is 80.9 Å². The summed E-state index contributed by atoms with van der Waals surface area (Å²) in [6, 6.07) is 1.14. The first-order valence-electron chi connectivity index (χ1n) is 5.45. The van der Waals surface area contributed by atoms with E-state index in [1.54, 1.807) is 0 Å². The van der Waals surface area contributed by atoms with Crippen molar-refractivity contribution < 1.29 is 0 Å². The van der Waals surface area contributed by atoms with E-state index in [4.69, 9.17) is 5.73 Å². The maximum Gasteiger partial charge on any atom is 0.0248 e. The highest BCUT2D eigenvalue weighted by Crippen LogP contribution is 2.23. The number of hydrogen-bond donors (Lipinski definition) is 1. The first-order valence-corrected chi connectivity index (χ1v) is 5.45. The van der Waals surface area contributed by atoms with Crippen LogP contribution in [0.5, 0.6) is 0 Å². The molecule has 1 heterocycles. The van der Waals surface area contributed by atoms with Crippen LogP contribution in [-0.2, 0) is 0 Å². The van der Waals surface area contributed by atoms with Gasteiger partial charge in [-0.1, -0.05) is 6.42 Å². The molecule has 2 fully saturated rings. The van der Waals surface area contributed by atoms with E-state index in [1.807, 2.05) is 0 Å². The first kappa shape index (κ1) is 9.44. The molecule has 2 rings (SSSR count). The zero-order valence-corrected chi connectivity index (χ0v) is 8.58. The van der Waals surface area contributed by atoms with Crippen LogP contribution in [0.4, 0.5) is 0 Å². The van der Waals surface area contributed by atoms with Gasteiger partial charge >= 0.3 is 0 Å². The molecule has 3 heteroatoms. The monoisotopic (exact) mass is 183 g/mol. The van der Waals surface area contributed by atoms with Gasteiger partial charge in [0.1, 0.15) is 0 Å². The van der Waals surface area contributed by atoms with Crippen LogP contribution >= 0.6 is 0 Å². The predicted octanol–water partition coefficient (Wildman–Crippen LogP) is 0.114. The second kappa shape index (κ2) is 3.95. The van der Waals surface area contributed by atoms with Crippen molar-refractivity contribution in [3.05, 3.63) is 0 Å². The number of nitrogens with two attached hydrogens (primary N) is 1. The molecule has 2 atom stereocenters. The first-order chi connectivity index (χ1) is 6.27. The molecule has 1 saturated heterocycles. The third-order valence-electron chi connectivity index (χ3n) is 3.54. The molecular formula is C10H21N3. The Hall–Kier alpha value is -0.120. The Morgan fingerprint density at radius 2 is 1.77 bits per heavy atom. The van der Waals surface area contributed by atoms with Gasteiger partial charge in [0.2, 0.25) is 0 Å². The normalized spacial score (nSPS) is 38.3. The molecule has 0 spiro atoms. The second-order valence-electron chi connectivity index (χ2n) is 4.50. The van der Waals surface area contributed by atoms with Crippen molar-refractivity contribution in [1.82, 2.24) is 9.80 Å². The summed E-state index contributed by atoms with van der Waals surface area (Å²) < 4.78 is 0. The molecule has 76 valence electrons. The van der Waals surface area contributed by atoms with E-state index in [1.165, 1.54) is 45.4 Å². The van der Waals surface area contributed by atoms with Crippen molar-refractivity contribution in [3.8, 4) is 0 Å². The predicted molar refractivity (Wildman–Crippen MR) is 54.7 cm³/mol. The smallest absolute Gasteiger partial charge is 0.0248 e. The van der Waals surface area contributed by atoms with Gasteiger partial charge in [0.05, 0.1) is 0 Å². The fourth-order valence-corrected chi connectivity index (χ4v) is 2.58. The minimum atomic E-state index is 0.448. The Kier molecular flexibility index (Phi) is 2.86. The average molecular weight is 183 g/mol. The lowest BCUT2D eigenvalue weighted by molar-refractivity contribution is 0.106. The van der Waals surface area contributed by atoms with Crippen LogP contribution in [0.25, 0.3) is 0 Å². The van der Waals surface area contributed by atoms with E-state index in [9.17, 15) is 0 Å². The zero-order chi connectivity index (χ0) is 9.26. The van der Waals surface area contributed by atoms with Crippen LogP contribution < -0.4 is 5.73 Å². The lowest BCUT2D eigenvalue weighted by Crippen LogP contribution is -2.52. The van der Waals surface area contributed by atoms with E-state index < -0.39 is 0 Å². The summed E-state index contributed by atoms with van der Waals surface area (Å²) in [5, 5.41) is 0. The van der Waals surface area contributed by atoms with Crippen LogP contribution in [0.2, 0.25) is 0 Å². The molecule has 1 aliphatic carbocycles. The van der Waals surface area contributed by atoms with Gasteiger partial charge in [-0.15, -0.1) is 0 Å². The lowest BCUT2D eigenvalue weighted by Gasteiger charge is -2.38. The number of hydrogen-bond acceptors (Lipinski definition) is 3. The average Bonchev–Trinajstić information content (AvgIpc) is 2.53. The van der Waals surface area contributed by atoms with Crippen LogP contribution in [0.3, 0.4) is 0 Å². The summed E-state index contributed by atoms with van der Waals surface area (Å²) >= 11 is 0. The minimum Gasteiger partial charge on any atom is -0.326 e. The quantitative estimate of drug-likeness (QED) is 0.626. The molecule has 2 N–H and O–H groups in total. The molecule has 0 amide bonds. The number of piperazine rings is 1. The van der Waals surface area contributed by atoms with Crippen LogP contribution in [0, 0.1) is 0 Å². The maximum atomic E-state index is 6.09. The summed E-state index contributed by atoms with van der Waals surface area (Å²) in [5.41, 5.74) is 6.09. The standard InChI is InChI=1S/C10H21N3/c1-12-5-7-13(8-6-12)10-4-2-3-9(10)11/h9-10H,2-8,11H2,1H3/t9-,10-/m1/s1. The molecule has 0 aromatic rings. The fourth-order valence-electron chi connectivity index (χ4n) is 2.58. The lowest BCUT2D eigenvalue weighted by atomic mass is 10.1. The highest BCUT2D eigenvalue weighted by molar-refractivity contribution is 4.89. The zero-order valence-electron chi connectivity index (χ0n) is 8.58. The highest BCUT2D eigenvalue weighted by Gasteiger charge is 2.30. The highest BCUT2D eigenvalue weighted by atomic mass is 15.3. The summed E-state index contributed by atoms with van der Waals surface area (Å²) in [7, 11) is 2.20. The van der Waals surface area contributed by atoms with Gasteiger partial charge in [-0.05, 0) is 19.9 Å². The summed E-state index contributed by atoms with van der Waals surface area (Å²) in [4.78, 5) is 4.99. The summed E-state index contributed by atoms with van der Waals surface area (Å²) in [5.74, 6) is 0. The SMILES string of the molecule is CN1CCN([C@@H]2CCC[C@H]2N)CC1. The van der Waals surface area contributed by atoms with Gasteiger partial charge in [0.15, 0.2) is 0 Å². The molecule has 3 nitrogen and oxygen atoms in total. The second-order valence-corrected chi connectivity index (χ2v) is 4.50. The summed E-state index contributed by atoms with van der Waals surface area (Å²) in [6.07, 6.45) is 3.89. The minimum absolute atomic E-state index is 0.448. The third kappa shape index (κ3) is 2.03. The Balaban J connectivity index is 1.86. The van der Waals surface area contributed by atoms with Crippen molar-refractivity contribution in [2.75, 3.05) is 33.2 Å². The Bertz CT molecular complexity index is 164. The van der Waals surface area contributed by atoms with E-state index in [0.29, 0.717) is 12.1 Å². The molecule has 0 bridgehead atoms. The largest absolute Gasteiger partial charge is 0.326 e.